The quantitative estimate of drug-likeness (QED) is 0.917. The van der Waals surface area contributed by atoms with E-state index in [-0.39, 0.29) is 5.41 Å². The van der Waals surface area contributed by atoms with Crippen LogP contribution >= 0.6 is 0 Å². The molecule has 2 rings (SSSR count). The lowest BCUT2D eigenvalue weighted by atomic mass is 9.85. The summed E-state index contributed by atoms with van der Waals surface area (Å²) in [6, 6.07) is 6.45. The summed E-state index contributed by atoms with van der Waals surface area (Å²) in [5.74, 6) is 0.682. The number of rotatable bonds is 3. The summed E-state index contributed by atoms with van der Waals surface area (Å²) in [5.41, 5.74) is 10.2. The number of aryl methyl sites for hydroxylation is 1. The van der Waals surface area contributed by atoms with Crippen LogP contribution in [0, 0.1) is 6.92 Å². The van der Waals surface area contributed by atoms with E-state index in [0.29, 0.717) is 12.4 Å². The number of nitrogens with two attached hydrogens (primary N) is 1. The van der Waals surface area contributed by atoms with Gasteiger partial charge < -0.3 is 10.2 Å². The zero-order chi connectivity index (χ0) is 14.0. The van der Waals surface area contributed by atoms with Gasteiger partial charge in [0.1, 0.15) is 6.26 Å². The molecule has 3 nitrogen and oxygen atoms in total. The van der Waals surface area contributed by atoms with Gasteiger partial charge in [-0.15, -0.1) is 0 Å². The topological polar surface area (TPSA) is 52.0 Å². The third-order valence-corrected chi connectivity index (χ3v) is 3.28. The number of benzene rings is 1. The second-order valence-corrected chi connectivity index (χ2v) is 5.96. The standard InChI is InChI=1S/C16H22N2O/c1-11-9-12(16(2,3)4)5-6-14(11)15-18-13(7-8-17)10-19-15/h5-6,9-10H,7-8,17H2,1-4H3. The Labute approximate surface area is 114 Å². The minimum atomic E-state index is 0.157. The molecule has 2 aromatic rings. The lowest BCUT2D eigenvalue weighted by Gasteiger charge is -2.20. The van der Waals surface area contributed by atoms with E-state index in [1.54, 1.807) is 6.26 Å². The summed E-state index contributed by atoms with van der Waals surface area (Å²) in [6.45, 7) is 9.33. The first-order valence-electron chi connectivity index (χ1n) is 6.68. The van der Waals surface area contributed by atoms with Crippen molar-refractivity contribution in [1.29, 1.82) is 0 Å². The van der Waals surface area contributed by atoms with Gasteiger partial charge in [0.05, 0.1) is 5.69 Å². The molecule has 0 bridgehead atoms. The maximum atomic E-state index is 5.54. The van der Waals surface area contributed by atoms with Gasteiger partial charge >= 0.3 is 0 Å². The summed E-state index contributed by atoms with van der Waals surface area (Å²) < 4.78 is 5.54. The summed E-state index contributed by atoms with van der Waals surface area (Å²) in [5, 5.41) is 0. The van der Waals surface area contributed by atoms with Crippen LogP contribution < -0.4 is 5.73 Å². The van der Waals surface area contributed by atoms with Crippen molar-refractivity contribution in [3.05, 3.63) is 41.3 Å². The van der Waals surface area contributed by atoms with Gasteiger partial charge in [-0.05, 0) is 36.1 Å². The van der Waals surface area contributed by atoms with Crippen molar-refractivity contribution in [1.82, 2.24) is 4.98 Å². The van der Waals surface area contributed by atoms with Crippen molar-refractivity contribution >= 4 is 0 Å². The van der Waals surface area contributed by atoms with E-state index in [0.717, 1.165) is 17.7 Å². The Morgan fingerprint density at radius 1 is 1.26 bits per heavy atom. The summed E-state index contributed by atoms with van der Waals surface area (Å²) in [4.78, 5) is 4.48. The van der Waals surface area contributed by atoms with Crippen LogP contribution in [0.5, 0.6) is 0 Å². The third kappa shape index (κ3) is 3.04. The molecule has 1 aromatic heterocycles. The van der Waals surface area contributed by atoms with E-state index < -0.39 is 0 Å². The zero-order valence-electron chi connectivity index (χ0n) is 12.2. The van der Waals surface area contributed by atoms with Crippen molar-refractivity contribution < 1.29 is 4.42 Å². The monoisotopic (exact) mass is 258 g/mol. The summed E-state index contributed by atoms with van der Waals surface area (Å²) in [6.07, 6.45) is 2.45. The van der Waals surface area contributed by atoms with E-state index in [4.69, 9.17) is 10.2 Å². The van der Waals surface area contributed by atoms with E-state index >= 15 is 0 Å². The van der Waals surface area contributed by atoms with Gasteiger partial charge in [0.2, 0.25) is 5.89 Å². The maximum absolute atomic E-state index is 5.54. The number of hydrogen-bond acceptors (Lipinski definition) is 3. The van der Waals surface area contributed by atoms with Gasteiger partial charge in [0.25, 0.3) is 0 Å². The lowest BCUT2D eigenvalue weighted by molar-refractivity contribution is 0.570. The van der Waals surface area contributed by atoms with Crippen molar-refractivity contribution in [2.24, 2.45) is 5.73 Å². The second kappa shape index (κ2) is 5.17. The molecule has 0 saturated heterocycles. The fourth-order valence-electron chi connectivity index (χ4n) is 2.06. The van der Waals surface area contributed by atoms with Gasteiger partial charge in [-0.3, -0.25) is 0 Å². The Balaban J connectivity index is 2.35. The van der Waals surface area contributed by atoms with E-state index in [2.05, 4.69) is 50.9 Å². The molecule has 19 heavy (non-hydrogen) atoms. The third-order valence-electron chi connectivity index (χ3n) is 3.28. The molecule has 0 unspecified atom stereocenters. The molecular weight excluding hydrogens is 236 g/mol. The van der Waals surface area contributed by atoms with Gasteiger partial charge in [0, 0.05) is 12.0 Å². The highest BCUT2D eigenvalue weighted by atomic mass is 16.3. The number of oxazole rings is 1. The van der Waals surface area contributed by atoms with Crippen LogP contribution in [0.1, 0.15) is 37.6 Å². The molecule has 1 aromatic carbocycles. The average molecular weight is 258 g/mol. The molecule has 1 heterocycles. The zero-order valence-corrected chi connectivity index (χ0v) is 12.2. The number of nitrogens with zero attached hydrogens (tertiary/aromatic N) is 1. The molecule has 0 fully saturated rings. The lowest BCUT2D eigenvalue weighted by Crippen LogP contribution is -2.11. The van der Waals surface area contributed by atoms with E-state index in [1.165, 1.54) is 11.1 Å². The van der Waals surface area contributed by atoms with Crippen molar-refractivity contribution in [3.8, 4) is 11.5 Å². The van der Waals surface area contributed by atoms with Crippen LogP contribution in [-0.4, -0.2) is 11.5 Å². The highest BCUT2D eigenvalue weighted by molar-refractivity contribution is 5.59. The molecule has 0 amide bonds. The molecule has 102 valence electrons. The average Bonchev–Trinajstić information content (AvgIpc) is 2.76. The van der Waals surface area contributed by atoms with E-state index in [9.17, 15) is 0 Å². The van der Waals surface area contributed by atoms with Crippen molar-refractivity contribution in [2.45, 2.75) is 39.5 Å². The first-order chi connectivity index (χ1) is 8.91. The largest absolute Gasteiger partial charge is 0.444 e. The van der Waals surface area contributed by atoms with Crippen LogP contribution in [0.2, 0.25) is 0 Å². The fourth-order valence-corrected chi connectivity index (χ4v) is 2.06. The Morgan fingerprint density at radius 3 is 2.58 bits per heavy atom. The van der Waals surface area contributed by atoms with Gasteiger partial charge in [-0.25, -0.2) is 4.98 Å². The Kier molecular flexibility index (Phi) is 3.76. The second-order valence-electron chi connectivity index (χ2n) is 5.96. The van der Waals surface area contributed by atoms with Crippen molar-refractivity contribution in [2.75, 3.05) is 6.54 Å². The molecular formula is C16H22N2O. The highest BCUT2D eigenvalue weighted by Gasteiger charge is 2.16. The van der Waals surface area contributed by atoms with Crippen LogP contribution in [0.4, 0.5) is 0 Å². The summed E-state index contributed by atoms with van der Waals surface area (Å²) >= 11 is 0. The smallest absolute Gasteiger partial charge is 0.226 e. The Morgan fingerprint density at radius 2 is 2.00 bits per heavy atom. The van der Waals surface area contributed by atoms with Crippen LogP contribution in [0.15, 0.2) is 28.9 Å². The van der Waals surface area contributed by atoms with E-state index in [1.807, 2.05) is 0 Å². The molecule has 0 spiro atoms. The predicted molar refractivity (Wildman–Crippen MR) is 78.1 cm³/mol. The Bertz CT molecular complexity index is 564. The van der Waals surface area contributed by atoms with Crippen LogP contribution in [-0.2, 0) is 11.8 Å². The number of aromatic nitrogens is 1. The molecule has 0 saturated carbocycles. The maximum Gasteiger partial charge on any atom is 0.226 e. The van der Waals surface area contributed by atoms with Gasteiger partial charge in [0.15, 0.2) is 0 Å². The first-order valence-corrected chi connectivity index (χ1v) is 6.68. The van der Waals surface area contributed by atoms with Crippen LogP contribution in [0.3, 0.4) is 0 Å². The first kappa shape index (κ1) is 13.8. The molecule has 0 aliphatic carbocycles. The minimum absolute atomic E-state index is 0.157. The molecule has 2 N–H and O–H groups in total. The summed E-state index contributed by atoms with van der Waals surface area (Å²) in [7, 11) is 0. The molecule has 0 aliphatic heterocycles. The highest BCUT2D eigenvalue weighted by Crippen LogP contribution is 2.29. The predicted octanol–water partition coefficient (Wildman–Crippen LogP) is 3.45. The van der Waals surface area contributed by atoms with Crippen molar-refractivity contribution in [3.63, 3.8) is 0 Å². The molecule has 3 heteroatoms. The van der Waals surface area contributed by atoms with Gasteiger partial charge in [-0.1, -0.05) is 32.9 Å². The van der Waals surface area contributed by atoms with Gasteiger partial charge in [-0.2, -0.15) is 0 Å². The SMILES string of the molecule is Cc1cc(C(C)(C)C)ccc1-c1nc(CCN)co1. The Hall–Kier alpha value is -1.61. The van der Waals surface area contributed by atoms with Crippen LogP contribution in [0.25, 0.3) is 11.5 Å². The molecule has 0 aliphatic rings. The minimum Gasteiger partial charge on any atom is -0.444 e. The molecule has 0 atom stereocenters. The fraction of sp³-hybridized carbons (Fsp3) is 0.438. The normalized spacial score (nSPS) is 11.8. The molecule has 0 radical (unpaired) electrons. The number of hydrogen-bond donors (Lipinski definition) is 1.